The summed E-state index contributed by atoms with van der Waals surface area (Å²) in [5, 5.41) is 4.65. The molecule has 5 heteroatoms. The molecule has 0 spiro atoms. The molecular weight excluding hydrogens is 327 g/mol. The van der Waals surface area contributed by atoms with Crippen LogP contribution in [0, 0.1) is 11.7 Å². The van der Waals surface area contributed by atoms with Gasteiger partial charge in [0, 0.05) is 50.2 Å². The molecule has 4 nitrogen and oxygen atoms in total. The van der Waals surface area contributed by atoms with E-state index in [1.54, 1.807) is 12.1 Å². The second-order valence-electron chi connectivity index (χ2n) is 7.47. The number of rotatable bonds is 4. The van der Waals surface area contributed by atoms with Gasteiger partial charge in [-0.1, -0.05) is 0 Å². The maximum atomic E-state index is 13.3. The van der Waals surface area contributed by atoms with E-state index in [9.17, 15) is 4.39 Å². The number of fused-ring (bicyclic) bond motifs is 1. The van der Waals surface area contributed by atoms with Crippen LogP contribution in [0.5, 0.6) is 0 Å². The fraction of sp³-hybridized carbons (Fsp3) is 0.333. The topological polar surface area (TPSA) is 34.0 Å². The summed E-state index contributed by atoms with van der Waals surface area (Å²) < 4.78 is 15.2. The molecule has 1 aliphatic carbocycles. The second-order valence-corrected chi connectivity index (χ2v) is 7.47. The molecule has 0 amide bonds. The number of nitrogens with zero attached hydrogens (tertiary/aromatic N) is 4. The summed E-state index contributed by atoms with van der Waals surface area (Å²) in [7, 11) is 1.93. The number of aromatic nitrogens is 3. The fourth-order valence-electron chi connectivity index (χ4n) is 3.89. The second kappa shape index (κ2) is 6.02. The first-order chi connectivity index (χ1) is 12.7. The van der Waals surface area contributed by atoms with Gasteiger partial charge >= 0.3 is 0 Å². The first kappa shape index (κ1) is 15.7. The first-order valence-corrected chi connectivity index (χ1v) is 9.16. The third-order valence-electron chi connectivity index (χ3n) is 5.35. The lowest BCUT2D eigenvalue weighted by atomic mass is 9.98. The van der Waals surface area contributed by atoms with Gasteiger partial charge in [-0.05, 0) is 60.2 Å². The van der Waals surface area contributed by atoms with Crippen molar-refractivity contribution in [1.82, 2.24) is 19.7 Å². The molecule has 3 heterocycles. The highest BCUT2D eigenvalue weighted by atomic mass is 19.1. The summed E-state index contributed by atoms with van der Waals surface area (Å²) in [5.41, 5.74) is 6.59. The quantitative estimate of drug-likeness (QED) is 0.714. The van der Waals surface area contributed by atoms with Crippen molar-refractivity contribution in [3.8, 4) is 22.4 Å². The molecule has 0 unspecified atom stereocenters. The smallest absolute Gasteiger partial charge is 0.123 e. The van der Waals surface area contributed by atoms with Gasteiger partial charge in [0.05, 0.1) is 5.69 Å². The van der Waals surface area contributed by atoms with Crippen LogP contribution in [0.15, 0.2) is 42.7 Å². The normalized spacial score (nSPS) is 16.8. The number of halogens is 1. The average Bonchev–Trinajstić information content (AvgIpc) is 3.21. The summed E-state index contributed by atoms with van der Waals surface area (Å²) in [6.45, 7) is 3.06. The number of benzene rings is 1. The van der Waals surface area contributed by atoms with Crippen LogP contribution < -0.4 is 0 Å². The summed E-state index contributed by atoms with van der Waals surface area (Å²) in [6, 6.07) is 8.65. The monoisotopic (exact) mass is 348 g/mol. The Morgan fingerprint density at radius 3 is 2.65 bits per heavy atom. The molecule has 2 aliphatic rings. The molecule has 1 aliphatic heterocycles. The van der Waals surface area contributed by atoms with Gasteiger partial charge in [-0.15, -0.1) is 0 Å². The van der Waals surface area contributed by atoms with Crippen molar-refractivity contribution < 1.29 is 4.39 Å². The van der Waals surface area contributed by atoms with Gasteiger partial charge < -0.3 is 0 Å². The van der Waals surface area contributed by atoms with E-state index < -0.39 is 0 Å². The molecule has 3 aromatic rings. The zero-order chi connectivity index (χ0) is 17.7. The van der Waals surface area contributed by atoms with Crippen molar-refractivity contribution in [2.24, 2.45) is 13.0 Å². The van der Waals surface area contributed by atoms with Crippen molar-refractivity contribution in [3.05, 3.63) is 59.8 Å². The molecular formula is C21H21FN4. The zero-order valence-electron chi connectivity index (χ0n) is 14.8. The van der Waals surface area contributed by atoms with Crippen LogP contribution in [-0.4, -0.2) is 26.2 Å². The van der Waals surface area contributed by atoms with Crippen LogP contribution in [0.3, 0.4) is 0 Å². The largest absolute Gasteiger partial charge is 0.293 e. The number of hydrogen-bond acceptors (Lipinski definition) is 3. The van der Waals surface area contributed by atoms with Gasteiger partial charge in [0.25, 0.3) is 0 Å². The Morgan fingerprint density at radius 2 is 1.88 bits per heavy atom. The minimum absolute atomic E-state index is 0.230. The molecule has 0 atom stereocenters. The Labute approximate surface area is 152 Å². The van der Waals surface area contributed by atoms with Crippen LogP contribution in [0.2, 0.25) is 0 Å². The van der Waals surface area contributed by atoms with E-state index in [0.717, 1.165) is 35.8 Å². The van der Waals surface area contributed by atoms with Gasteiger partial charge in [0.1, 0.15) is 11.5 Å². The van der Waals surface area contributed by atoms with Crippen molar-refractivity contribution in [1.29, 1.82) is 0 Å². The highest BCUT2D eigenvalue weighted by Gasteiger charge is 2.30. The molecule has 5 rings (SSSR count). The SMILES string of the molecule is Cn1cc(-c2ccnc3c2CN(CC2CC2)C3)c(-c2ccc(F)cc2)n1. The van der Waals surface area contributed by atoms with E-state index in [2.05, 4.69) is 27.2 Å². The molecule has 1 fully saturated rings. The van der Waals surface area contributed by atoms with Crippen molar-refractivity contribution >= 4 is 0 Å². The molecule has 132 valence electrons. The lowest BCUT2D eigenvalue weighted by Gasteiger charge is -2.13. The third kappa shape index (κ3) is 2.82. The highest BCUT2D eigenvalue weighted by Crippen LogP contribution is 2.38. The van der Waals surface area contributed by atoms with E-state index in [-0.39, 0.29) is 5.82 Å². The number of hydrogen-bond donors (Lipinski definition) is 0. The molecule has 1 saturated carbocycles. The molecule has 0 bridgehead atoms. The van der Waals surface area contributed by atoms with Crippen molar-refractivity contribution in [2.75, 3.05) is 6.54 Å². The Kier molecular flexibility index (Phi) is 3.64. The number of pyridine rings is 1. The summed E-state index contributed by atoms with van der Waals surface area (Å²) in [6.07, 6.45) is 6.68. The Balaban J connectivity index is 1.56. The lowest BCUT2D eigenvalue weighted by molar-refractivity contribution is 0.271. The van der Waals surface area contributed by atoms with Crippen LogP contribution in [0.1, 0.15) is 24.1 Å². The summed E-state index contributed by atoms with van der Waals surface area (Å²) in [5.74, 6) is 0.646. The first-order valence-electron chi connectivity index (χ1n) is 9.16. The summed E-state index contributed by atoms with van der Waals surface area (Å²) >= 11 is 0. The van der Waals surface area contributed by atoms with Crippen LogP contribution in [0.4, 0.5) is 4.39 Å². The molecule has 1 aromatic carbocycles. The standard InChI is InChI=1S/C21H21FN4/c1-25-11-19(21(24-25)15-4-6-16(22)7-5-15)17-8-9-23-20-13-26(12-18(17)20)10-14-2-3-14/h4-9,11,14H,2-3,10,12-13H2,1H3. The fourth-order valence-corrected chi connectivity index (χ4v) is 3.89. The van der Waals surface area contributed by atoms with E-state index in [1.807, 2.05) is 17.9 Å². The molecule has 0 radical (unpaired) electrons. The van der Waals surface area contributed by atoms with Gasteiger partial charge in [0.2, 0.25) is 0 Å². The Bertz CT molecular complexity index is 957. The molecule has 2 aromatic heterocycles. The molecule has 26 heavy (non-hydrogen) atoms. The Hall–Kier alpha value is -2.53. The van der Waals surface area contributed by atoms with E-state index >= 15 is 0 Å². The maximum Gasteiger partial charge on any atom is 0.123 e. The summed E-state index contributed by atoms with van der Waals surface area (Å²) in [4.78, 5) is 7.13. The molecule has 0 N–H and O–H groups in total. The van der Waals surface area contributed by atoms with Gasteiger partial charge in [-0.25, -0.2) is 4.39 Å². The van der Waals surface area contributed by atoms with E-state index in [4.69, 9.17) is 0 Å². The third-order valence-corrected chi connectivity index (χ3v) is 5.35. The van der Waals surface area contributed by atoms with Crippen LogP contribution in [0.25, 0.3) is 22.4 Å². The van der Waals surface area contributed by atoms with Gasteiger partial charge in [0.15, 0.2) is 0 Å². The predicted octanol–water partition coefficient (Wildman–Crippen LogP) is 4.01. The van der Waals surface area contributed by atoms with Crippen molar-refractivity contribution in [3.63, 3.8) is 0 Å². The van der Waals surface area contributed by atoms with Crippen molar-refractivity contribution in [2.45, 2.75) is 25.9 Å². The van der Waals surface area contributed by atoms with E-state index in [1.165, 1.54) is 48.3 Å². The van der Waals surface area contributed by atoms with Crippen LogP contribution >= 0.6 is 0 Å². The van der Waals surface area contributed by atoms with Gasteiger partial charge in [-0.2, -0.15) is 5.10 Å². The minimum Gasteiger partial charge on any atom is -0.293 e. The maximum absolute atomic E-state index is 13.3. The highest BCUT2D eigenvalue weighted by molar-refractivity contribution is 5.82. The van der Waals surface area contributed by atoms with E-state index in [0.29, 0.717) is 0 Å². The van der Waals surface area contributed by atoms with Gasteiger partial charge in [-0.3, -0.25) is 14.6 Å². The molecule has 0 saturated heterocycles. The number of aryl methyl sites for hydroxylation is 1. The predicted molar refractivity (Wildman–Crippen MR) is 98.7 cm³/mol. The lowest BCUT2D eigenvalue weighted by Crippen LogP contribution is -2.19. The zero-order valence-corrected chi connectivity index (χ0v) is 14.8. The van der Waals surface area contributed by atoms with Crippen LogP contribution in [-0.2, 0) is 20.1 Å². The minimum atomic E-state index is -0.230. The average molecular weight is 348 g/mol. The Morgan fingerprint density at radius 1 is 1.08 bits per heavy atom.